The fourth-order valence-corrected chi connectivity index (χ4v) is 3.01. The first-order valence-corrected chi connectivity index (χ1v) is 8.84. The molecule has 0 radical (unpaired) electrons. The Hall–Kier alpha value is -2.08. The van der Waals surface area contributed by atoms with Gasteiger partial charge in [0.05, 0.1) is 13.2 Å². The average Bonchev–Trinajstić information content (AvgIpc) is 2.61. The monoisotopic (exact) mass is 348 g/mol. The van der Waals surface area contributed by atoms with Crippen molar-refractivity contribution in [3.05, 3.63) is 29.8 Å². The van der Waals surface area contributed by atoms with Crippen LogP contribution in [0.4, 0.5) is 0 Å². The molecule has 0 aromatic heterocycles. The molecule has 1 aromatic rings. The smallest absolute Gasteiger partial charge is 0.251 e. The first-order valence-electron chi connectivity index (χ1n) is 8.84. The minimum absolute atomic E-state index is 0.0311. The minimum atomic E-state index is -0.596. The molecule has 1 fully saturated rings. The average molecular weight is 348 g/mol. The maximum absolute atomic E-state index is 12.6. The molecule has 0 bridgehead atoms. The highest BCUT2D eigenvalue weighted by Gasteiger charge is 2.28. The van der Waals surface area contributed by atoms with Gasteiger partial charge in [-0.3, -0.25) is 9.59 Å². The van der Waals surface area contributed by atoms with Crippen LogP contribution in [0.15, 0.2) is 24.3 Å². The number of aliphatic hydroxyl groups excluding tert-OH is 1. The summed E-state index contributed by atoms with van der Waals surface area (Å²) in [5.41, 5.74) is 0.486. The molecule has 1 aliphatic rings. The zero-order valence-corrected chi connectivity index (χ0v) is 15.1. The fraction of sp³-hybridized carbons (Fsp3) is 0.579. The summed E-state index contributed by atoms with van der Waals surface area (Å²) in [5, 5.41) is 15.4. The van der Waals surface area contributed by atoms with Crippen LogP contribution in [0.3, 0.4) is 0 Å². The number of methoxy groups -OCH3 is 1. The number of carbonyl (C=O) groups excluding carboxylic acids is 2. The van der Waals surface area contributed by atoms with Gasteiger partial charge in [0.25, 0.3) is 5.91 Å². The first kappa shape index (κ1) is 19.2. The number of ether oxygens (including phenoxy) is 1. The second-order valence-electron chi connectivity index (χ2n) is 6.94. The standard InChI is InChI=1S/C19H28N2O4/c1-12(2)17(19(24)20-14-6-8-15(22)9-7-14)21-18(23)13-4-10-16(25-3)11-5-13/h4-5,10-12,14-15,17,22H,6-9H2,1-3H3,(H,20,24)(H,21,23). The molecule has 0 aliphatic heterocycles. The van der Waals surface area contributed by atoms with Crippen molar-refractivity contribution in [3.63, 3.8) is 0 Å². The van der Waals surface area contributed by atoms with Crippen LogP contribution in [0, 0.1) is 5.92 Å². The van der Waals surface area contributed by atoms with Gasteiger partial charge >= 0.3 is 0 Å². The topological polar surface area (TPSA) is 87.7 Å². The maximum atomic E-state index is 12.6. The van der Waals surface area contributed by atoms with Gasteiger partial charge in [-0.15, -0.1) is 0 Å². The van der Waals surface area contributed by atoms with Crippen LogP contribution in [0.5, 0.6) is 5.75 Å². The Balaban J connectivity index is 1.96. The van der Waals surface area contributed by atoms with Crippen molar-refractivity contribution in [2.45, 2.75) is 57.7 Å². The molecule has 2 rings (SSSR count). The zero-order valence-electron chi connectivity index (χ0n) is 15.1. The quantitative estimate of drug-likeness (QED) is 0.732. The Kier molecular flexibility index (Phi) is 6.82. The number of aliphatic hydroxyl groups is 1. The molecule has 0 spiro atoms. The Labute approximate surface area is 149 Å². The van der Waals surface area contributed by atoms with E-state index in [-0.39, 0.29) is 29.9 Å². The van der Waals surface area contributed by atoms with Crippen molar-refractivity contribution in [1.29, 1.82) is 0 Å². The lowest BCUT2D eigenvalue weighted by Crippen LogP contribution is -2.52. The van der Waals surface area contributed by atoms with Gasteiger partial charge in [0, 0.05) is 11.6 Å². The molecule has 6 nitrogen and oxygen atoms in total. The van der Waals surface area contributed by atoms with Crippen LogP contribution in [0.2, 0.25) is 0 Å². The largest absolute Gasteiger partial charge is 0.497 e. The number of rotatable bonds is 6. The summed E-state index contributed by atoms with van der Waals surface area (Å²) in [6, 6.07) is 6.24. The molecule has 1 atom stereocenters. The van der Waals surface area contributed by atoms with Gasteiger partial charge < -0.3 is 20.5 Å². The lowest BCUT2D eigenvalue weighted by molar-refractivity contribution is -0.125. The van der Waals surface area contributed by atoms with Gasteiger partial charge in [-0.05, 0) is 55.9 Å². The highest BCUT2D eigenvalue weighted by atomic mass is 16.5. The molecular weight excluding hydrogens is 320 g/mol. The fourth-order valence-electron chi connectivity index (χ4n) is 3.01. The Bertz CT molecular complexity index is 578. The minimum Gasteiger partial charge on any atom is -0.497 e. The Morgan fingerprint density at radius 2 is 1.72 bits per heavy atom. The summed E-state index contributed by atoms with van der Waals surface area (Å²) >= 11 is 0. The van der Waals surface area contributed by atoms with E-state index in [1.807, 2.05) is 13.8 Å². The summed E-state index contributed by atoms with van der Waals surface area (Å²) < 4.78 is 5.08. The molecule has 1 unspecified atom stereocenters. The van der Waals surface area contributed by atoms with Crippen LogP contribution < -0.4 is 15.4 Å². The van der Waals surface area contributed by atoms with Crippen molar-refractivity contribution < 1.29 is 19.4 Å². The summed E-state index contributed by atoms with van der Waals surface area (Å²) in [4.78, 5) is 25.0. The first-order chi connectivity index (χ1) is 11.9. The molecule has 1 aromatic carbocycles. The van der Waals surface area contributed by atoms with E-state index in [9.17, 15) is 14.7 Å². The van der Waals surface area contributed by atoms with Crippen LogP contribution in [-0.4, -0.2) is 42.2 Å². The number of carbonyl (C=O) groups is 2. The lowest BCUT2D eigenvalue weighted by atomic mass is 9.92. The Morgan fingerprint density at radius 3 is 2.24 bits per heavy atom. The molecule has 1 saturated carbocycles. The van der Waals surface area contributed by atoms with Gasteiger partial charge in [-0.25, -0.2) is 0 Å². The predicted octanol–water partition coefficient (Wildman–Crippen LogP) is 1.87. The molecule has 25 heavy (non-hydrogen) atoms. The summed E-state index contributed by atoms with van der Waals surface area (Å²) in [6.07, 6.45) is 2.68. The highest BCUT2D eigenvalue weighted by Crippen LogP contribution is 2.19. The third-order valence-corrected chi connectivity index (χ3v) is 4.63. The van der Waals surface area contributed by atoms with Crippen molar-refractivity contribution in [2.75, 3.05) is 7.11 Å². The van der Waals surface area contributed by atoms with Gasteiger partial charge in [-0.1, -0.05) is 13.8 Å². The van der Waals surface area contributed by atoms with Crippen LogP contribution in [0.1, 0.15) is 49.9 Å². The zero-order chi connectivity index (χ0) is 18.4. The number of nitrogens with one attached hydrogen (secondary N) is 2. The van der Waals surface area contributed by atoms with E-state index in [1.54, 1.807) is 31.4 Å². The SMILES string of the molecule is COc1ccc(C(=O)NC(C(=O)NC2CCC(O)CC2)C(C)C)cc1. The van der Waals surface area contributed by atoms with Crippen molar-refractivity contribution in [1.82, 2.24) is 10.6 Å². The van der Waals surface area contributed by atoms with Crippen molar-refractivity contribution in [2.24, 2.45) is 5.92 Å². The molecule has 138 valence electrons. The number of amides is 2. The van der Waals surface area contributed by atoms with Crippen molar-refractivity contribution in [3.8, 4) is 5.75 Å². The molecular formula is C19H28N2O4. The summed E-state index contributed by atoms with van der Waals surface area (Å²) in [6.45, 7) is 3.81. The second kappa shape index (κ2) is 8.85. The van der Waals surface area contributed by atoms with Gasteiger partial charge in [0.1, 0.15) is 11.8 Å². The molecule has 1 aliphatic carbocycles. The lowest BCUT2D eigenvalue weighted by Gasteiger charge is -2.29. The van der Waals surface area contributed by atoms with E-state index in [0.717, 1.165) is 12.8 Å². The van der Waals surface area contributed by atoms with E-state index in [1.165, 1.54) is 0 Å². The van der Waals surface area contributed by atoms with E-state index in [0.29, 0.717) is 24.2 Å². The number of benzene rings is 1. The number of hydrogen-bond donors (Lipinski definition) is 3. The predicted molar refractivity (Wildman–Crippen MR) is 95.5 cm³/mol. The summed E-state index contributed by atoms with van der Waals surface area (Å²) in [7, 11) is 1.57. The molecule has 0 heterocycles. The normalized spacial score (nSPS) is 21.5. The maximum Gasteiger partial charge on any atom is 0.251 e. The third kappa shape index (κ3) is 5.46. The summed E-state index contributed by atoms with van der Waals surface area (Å²) in [5.74, 6) is 0.194. The highest BCUT2D eigenvalue weighted by molar-refractivity contribution is 5.97. The molecule has 3 N–H and O–H groups in total. The van der Waals surface area contributed by atoms with Crippen LogP contribution in [0.25, 0.3) is 0 Å². The Morgan fingerprint density at radius 1 is 1.12 bits per heavy atom. The van der Waals surface area contributed by atoms with Gasteiger partial charge in [-0.2, -0.15) is 0 Å². The van der Waals surface area contributed by atoms with Crippen LogP contribution in [-0.2, 0) is 4.79 Å². The van der Waals surface area contributed by atoms with E-state index in [2.05, 4.69) is 10.6 Å². The second-order valence-corrected chi connectivity index (χ2v) is 6.94. The van der Waals surface area contributed by atoms with Gasteiger partial charge in [0.2, 0.25) is 5.91 Å². The molecule has 6 heteroatoms. The van der Waals surface area contributed by atoms with E-state index < -0.39 is 6.04 Å². The third-order valence-electron chi connectivity index (χ3n) is 4.63. The molecule has 2 amide bonds. The number of hydrogen-bond acceptors (Lipinski definition) is 4. The van der Waals surface area contributed by atoms with Crippen LogP contribution >= 0.6 is 0 Å². The van der Waals surface area contributed by atoms with E-state index >= 15 is 0 Å². The molecule has 0 saturated heterocycles. The van der Waals surface area contributed by atoms with Gasteiger partial charge in [0.15, 0.2) is 0 Å². The van der Waals surface area contributed by atoms with Crippen molar-refractivity contribution >= 4 is 11.8 Å². The van der Waals surface area contributed by atoms with E-state index in [4.69, 9.17) is 4.74 Å².